The van der Waals surface area contributed by atoms with E-state index in [-0.39, 0.29) is 0 Å². The molecule has 0 aliphatic carbocycles. The predicted molar refractivity (Wildman–Crippen MR) is 84.9 cm³/mol. The molecule has 0 saturated carbocycles. The Labute approximate surface area is 119 Å². The molecule has 0 atom stereocenters. The van der Waals surface area contributed by atoms with E-state index >= 15 is 0 Å². The van der Waals surface area contributed by atoms with Gasteiger partial charge in [0.15, 0.2) is 0 Å². The summed E-state index contributed by atoms with van der Waals surface area (Å²) in [4.78, 5) is 0. The van der Waals surface area contributed by atoms with Crippen molar-refractivity contribution < 1.29 is 12.3 Å². The minimum atomic E-state index is -2.24. The molecular formula is C8H24Cl2O3Si4. The first kappa shape index (κ1) is 18.3. The molecular weight excluding hydrogens is 327 g/mol. The van der Waals surface area contributed by atoms with E-state index in [1.165, 1.54) is 0 Å². The summed E-state index contributed by atoms with van der Waals surface area (Å²) in [6, 6.07) is 0. The zero-order valence-corrected chi connectivity index (χ0v) is 17.5. The molecule has 0 rings (SSSR count). The van der Waals surface area contributed by atoms with Gasteiger partial charge >= 0.3 is 17.1 Å². The van der Waals surface area contributed by atoms with E-state index in [0.717, 1.165) is 0 Å². The third-order valence-electron chi connectivity index (χ3n) is 1.47. The van der Waals surface area contributed by atoms with E-state index in [0.29, 0.717) is 0 Å². The number of rotatable bonds is 6. The highest BCUT2D eigenvalue weighted by Gasteiger charge is 2.42. The Morgan fingerprint density at radius 1 is 0.529 bits per heavy atom. The van der Waals surface area contributed by atoms with Crippen LogP contribution in [-0.4, -0.2) is 32.4 Å². The average Bonchev–Trinajstić information content (AvgIpc) is 1.65. The van der Waals surface area contributed by atoms with Crippen molar-refractivity contribution in [2.45, 2.75) is 52.4 Å². The molecule has 0 saturated heterocycles. The first-order valence-corrected chi connectivity index (χ1v) is 19.1. The number of hydrogen-bond acceptors (Lipinski definition) is 3. The van der Waals surface area contributed by atoms with Gasteiger partial charge in [-0.3, -0.25) is 0 Å². The first-order chi connectivity index (χ1) is 7.12. The molecule has 0 aromatic heterocycles. The lowest BCUT2D eigenvalue weighted by Crippen LogP contribution is -2.54. The van der Waals surface area contributed by atoms with Crippen LogP contribution in [0.3, 0.4) is 0 Å². The normalized spacial score (nSPS) is 15.2. The Bertz CT molecular complexity index is 234. The van der Waals surface area contributed by atoms with Crippen molar-refractivity contribution in [2.75, 3.05) is 0 Å². The minimum absolute atomic E-state index is 1.95. The molecule has 0 aliphatic heterocycles. The Morgan fingerprint density at radius 2 is 0.765 bits per heavy atom. The van der Waals surface area contributed by atoms with Gasteiger partial charge in [-0.05, 0) is 52.4 Å². The van der Waals surface area contributed by atoms with Crippen LogP contribution in [0.5, 0.6) is 0 Å². The van der Waals surface area contributed by atoms with Crippen molar-refractivity contribution in [3.05, 3.63) is 0 Å². The highest BCUT2D eigenvalue weighted by atomic mass is 35.6. The maximum absolute atomic E-state index is 6.21. The molecule has 0 N–H and O–H groups in total. The molecule has 0 aliphatic rings. The van der Waals surface area contributed by atoms with Gasteiger partial charge in [-0.1, -0.05) is 0 Å². The fraction of sp³-hybridized carbons (Fsp3) is 1.00. The SMILES string of the molecule is C[Si](C)(Cl)O[Si](C)(C)O[Si](C)(C)O[Si](C)(C)Cl. The fourth-order valence-corrected chi connectivity index (χ4v) is 20.3. The third kappa shape index (κ3) is 10.9. The van der Waals surface area contributed by atoms with Gasteiger partial charge in [0.2, 0.25) is 0 Å². The summed E-state index contributed by atoms with van der Waals surface area (Å²) in [5, 5.41) is 0. The van der Waals surface area contributed by atoms with Gasteiger partial charge in [-0.25, -0.2) is 0 Å². The molecule has 0 aromatic rings. The van der Waals surface area contributed by atoms with Crippen LogP contribution in [0.1, 0.15) is 0 Å². The van der Waals surface area contributed by atoms with Crippen molar-refractivity contribution in [1.29, 1.82) is 0 Å². The van der Waals surface area contributed by atoms with Crippen molar-refractivity contribution in [2.24, 2.45) is 0 Å². The molecule has 9 heteroatoms. The standard InChI is InChI=1S/C8H24Cl2O3Si4/c1-14(2,9)11-16(5,6)13-17(7,8)12-15(3,4)10/h1-8H3. The summed E-state index contributed by atoms with van der Waals surface area (Å²) in [5.41, 5.74) is 0. The van der Waals surface area contributed by atoms with Crippen LogP contribution in [0.4, 0.5) is 0 Å². The van der Waals surface area contributed by atoms with E-state index < -0.39 is 32.4 Å². The molecule has 0 heterocycles. The summed E-state index contributed by atoms with van der Waals surface area (Å²) in [7, 11) is -8.68. The van der Waals surface area contributed by atoms with Crippen LogP contribution in [0, 0.1) is 0 Å². The van der Waals surface area contributed by atoms with Crippen LogP contribution < -0.4 is 0 Å². The molecule has 3 nitrogen and oxygen atoms in total. The Balaban J connectivity index is 4.59. The van der Waals surface area contributed by atoms with E-state index in [1.54, 1.807) is 0 Å². The molecule has 0 unspecified atom stereocenters. The van der Waals surface area contributed by atoms with Crippen molar-refractivity contribution >= 4 is 54.5 Å². The molecule has 104 valence electrons. The van der Waals surface area contributed by atoms with Crippen LogP contribution in [0.2, 0.25) is 52.4 Å². The van der Waals surface area contributed by atoms with E-state index in [4.69, 9.17) is 34.5 Å². The van der Waals surface area contributed by atoms with Gasteiger partial charge < -0.3 is 12.3 Å². The van der Waals surface area contributed by atoms with Gasteiger partial charge in [0, 0.05) is 0 Å². The lowest BCUT2D eigenvalue weighted by Gasteiger charge is -2.38. The van der Waals surface area contributed by atoms with Crippen molar-refractivity contribution in [3.63, 3.8) is 0 Å². The first-order valence-electron chi connectivity index (χ1n) is 5.60. The van der Waals surface area contributed by atoms with Gasteiger partial charge in [0.05, 0.1) is 0 Å². The predicted octanol–water partition coefficient (Wildman–Crippen LogP) is 4.32. The van der Waals surface area contributed by atoms with Crippen LogP contribution >= 0.6 is 22.2 Å². The largest absolute Gasteiger partial charge is 0.425 e. The molecule has 0 radical (unpaired) electrons. The fourth-order valence-electron chi connectivity index (χ4n) is 1.80. The third-order valence-corrected chi connectivity index (χ3v) is 14.6. The van der Waals surface area contributed by atoms with Crippen LogP contribution in [0.25, 0.3) is 0 Å². The van der Waals surface area contributed by atoms with E-state index in [1.807, 2.05) is 52.4 Å². The molecule has 17 heavy (non-hydrogen) atoms. The summed E-state index contributed by atoms with van der Waals surface area (Å²) >= 11 is 12.4. The highest BCUT2D eigenvalue weighted by Crippen LogP contribution is 2.25. The van der Waals surface area contributed by atoms with Crippen molar-refractivity contribution in [1.82, 2.24) is 0 Å². The summed E-state index contributed by atoms with van der Waals surface area (Å²) in [6.45, 7) is 15.8. The second-order valence-corrected chi connectivity index (χ2v) is 24.8. The van der Waals surface area contributed by atoms with E-state index in [9.17, 15) is 0 Å². The van der Waals surface area contributed by atoms with Gasteiger partial charge in [-0.2, -0.15) is 0 Å². The van der Waals surface area contributed by atoms with Gasteiger partial charge in [0.1, 0.15) is 0 Å². The monoisotopic (exact) mass is 350 g/mol. The quantitative estimate of drug-likeness (QED) is 0.527. The molecule has 0 aromatic carbocycles. The number of halogens is 2. The van der Waals surface area contributed by atoms with Gasteiger partial charge in [0.25, 0.3) is 15.3 Å². The lowest BCUT2D eigenvalue weighted by molar-refractivity contribution is 0.336. The lowest BCUT2D eigenvalue weighted by atomic mass is 11.9. The molecule has 0 spiro atoms. The highest BCUT2D eigenvalue weighted by molar-refractivity contribution is 7.18. The number of hydrogen-bond donors (Lipinski definition) is 0. The van der Waals surface area contributed by atoms with E-state index in [2.05, 4.69) is 0 Å². The van der Waals surface area contributed by atoms with Crippen molar-refractivity contribution in [3.8, 4) is 0 Å². The average molecular weight is 352 g/mol. The second kappa shape index (κ2) is 5.76. The minimum Gasteiger partial charge on any atom is -0.425 e. The molecule has 0 amide bonds. The zero-order valence-electron chi connectivity index (χ0n) is 12.0. The second-order valence-electron chi connectivity index (χ2n) is 5.83. The Morgan fingerprint density at radius 3 is 0.941 bits per heavy atom. The maximum Gasteiger partial charge on any atom is 0.313 e. The summed E-state index contributed by atoms with van der Waals surface area (Å²) in [5.74, 6) is 0. The molecule has 0 fully saturated rings. The van der Waals surface area contributed by atoms with Crippen LogP contribution in [0.15, 0.2) is 0 Å². The summed E-state index contributed by atoms with van der Waals surface area (Å²) < 4.78 is 18.0. The topological polar surface area (TPSA) is 27.7 Å². The van der Waals surface area contributed by atoms with Crippen LogP contribution in [-0.2, 0) is 12.3 Å². The molecule has 0 bridgehead atoms. The Hall–Kier alpha value is 1.33. The summed E-state index contributed by atoms with van der Waals surface area (Å²) in [6.07, 6.45) is 0. The maximum atomic E-state index is 6.21. The zero-order chi connectivity index (χ0) is 14.1. The van der Waals surface area contributed by atoms with Gasteiger partial charge in [-0.15, -0.1) is 22.2 Å². The smallest absolute Gasteiger partial charge is 0.313 e. The Kier molecular flexibility index (Phi) is 6.21.